The first-order valence-corrected chi connectivity index (χ1v) is 7.19. The maximum absolute atomic E-state index is 10.1. The fraction of sp³-hybridized carbons (Fsp3) is 0.786. The van der Waals surface area contributed by atoms with E-state index < -0.39 is 36.0 Å². The second-order valence-corrected chi connectivity index (χ2v) is 5.81. The maximum atomic E-state index is 10.1. The van der Waals surface area contributed by atoms with Gasteiger partial charge in [0.15, 0.2) is 0 Å². The lowest BCUT2D eigenvalue weighted by atomic mass is 10.1. The van der Waals surface area contributed by atoms with Crippen LogP contribution in [-0.2, 0) is 14.4 Å². The molecule has 0 radical (unpaired) electrons. The summed E-state index contributed by atoms with van der Waals surface area (Å²) in [6, 6.07) is -2.13. The number of carbonyl (C=O) groups is 3. The summed E-state index contributed by atoms with van der Waals surface area (Å²) in [5, 5.41) is 24.4. The monoisotopic (exact) mass is 337 g/mol. The van der Waals surface area contributed by atoms with E-state index in [1.807, 2.05) is 13.8 Å². The van der Waals surface area contributed by atoms with Crippen LogP contribution in [0.15, 0.2) is 0 Å². The van der Waals surface area contributed by atoms with Gasteiger partial charge < -0.3 is 32.5 Å². The van der Waals surface area contributed by atoms with E-state index in [0.717, 1.165) is 0 Å². The summed E-state index contributed by atoms with van der Waals surface area (Å²) in [6.45, 7) is 8.87. The van der Waals surface area contributed by atoms with Crippen molar-refractivity contribution < 1.29 is 29.7 Å². The van der Waals surface area contributed by atoms with E-state index in [1.165, 1.54) is 6.92 Å². The molecule has 23 heavy (non-hydrogen) atoms. The molecule has 0 aromatic heterocycles. The zero-order valence-electron chi connectivity index (χ0n) is 14.4. The molecule has 0 saturated carbocycles. The van der Waals surface area contributed by atoms with Gasteiger partial charge in [-0.3, -0.25) is 14.4 Å². The van der Waals surface area contributed by atoms with Crippen molar-refractivity contribution in [3.05, 3.63) is 0 Å². The Labute approximate surface area is 136 Å². The van der Waals surface area contributed by atoms with E-state index in [2.05, 4.69) is 0 Å². The molecule has 0 unspecified atom stereocenters. The molecule has 0 fully saturated rings. The Morgan fingerprint density at radius 2 is 1.13 bits per heavy atom. The Kier molecular flexibility index (Phi) is 15.9. The van der Waals surface area contributed by atoms with E-state index in [4.69, 9.17) is 32.5 Å². The van der Waals surface area contributed by atoms with Crippen LogP contribution >= 0.6 is 0 Å². The van der Waals surface area contributed by atoms with Gasteiger partial charge in [-0.15, -0.1) is 0 Å². The van der Waals surface area contributed by atoms with Crippen molar-refractivity contribution in [2.45, 2.75) is 59.2 Å². The Bertz CT molecular complexity index is 358. The zero-order valence-corrected chi connectivity index (χ0v) is 14.4. The molecular weight excluding hydrogens is 306 g/mol. The first-order valence-electron chi connectivity index (χ1n) is 7.19. The molecule has 0 rings (SSSR count). The highest BCUT2D eigenvalue weighted by Gasteiger charge is 2.14. The number of carboxylic acids is 3. The lowest BCUT2D eigenvalue weighted by molar-refractivity contribution is -0.140. The zero-order chi connectivity index (χ0) is 19.3. The van der Waals surface area contributed by atoms with E-state index >= 15 is 0 Å². The number of carboxylic acid groups (broad SMARTS) is 3. The fourth-order valence-corrected chi connectivity index (χ4v) is 0.894. The summed E-state index contributed by atoms with van der Waals surface area (Å²) in [5.41, 5.74) is 15.2. The summed E-state index contributed by atoms with van der Waals surface area (Å²) < 4.78 is 0. The van der Waals surface area contributed by atoms with E-state index in [-0.39, 0.29) is 5.92 Å². The third kappa shape index (κ3) is 20.3. The highest BCUT2D eigenvalue weighted by atomic mass is 16.4. The number of hydrogen-bond acceptors (Lipinski definition) is 6. The van der Waals surface area contributed by atoms with Crippen molar-refractivity contribution in [2.75, 3.05) is 0 Å². The number of hydrogen-bond donors (Lipinski definition) is 6. The Morgan fingerprint density at radius 3 is 1.17 bits per heavy atom. The molecule has 0 spiro atoms. The number of aliphatic carboxylic acids is 3. The average molecular weight is 337 g/mol. The van der Waals surface area contributed by atoms with Crippen LogP contribution in [0, 0.1) is 11.8 Å². The first-order chi connectivity index (χ1) is 10.2. The standard InChI is InChI=1S/C6H13NO2.C5H11NO2.C3H7NO2/c1-4(2)3-5(7)6(8)9;1-3(2)4(6)5(7)8;1-2(4)3(5)6/h4-5H,3,7H2,1-2H3,(H,8,9);3-4H,6H2,1-2H3,(H,7,8);2H,4H2,1H3,(H,5,6)/t5-;4-;2-/m000/s1. The predicted molar refractivity (Wildman–Crippen MR) is 86.8 cm³/mol. The van der Waals surface area contributed by atoms with Crippen molar-refractivity contribution in [2.24, 2.45) is 29.0 Å². The van der Waals surface area contributed by atoms with Crippen LogP contribution < -0.4 is 17.2 Å². The van der Waals surface area contributed by atoms with E-state index in [1.54, 1.807) is 13.8 Å². The summed E-state index contributed by atoms with van der Waals surface area (Å²) in [4.78, 5) is 29.7. The van der Waals surface area contributed by atoms with Gasteiger partial charge in [0, 0.05) is 0 Å². The second kappa shape index (κ2) is 13.9. The molecule has 0 aromatic carbocycles. The van der Waals surface area contributed by atoms with Crippen LogP contribution in [0.1, 0.15) is 41.0 Å². The van der Waals surface area contributed by atoms with Crippen molar-refractivity contribution in [3.8, 4) is 0 Å². The lowest BCUT2D eigenvalue weighted by Gasteiger charge is -2.07. The van der Waals surface area contributed by atoms with Gasteiger partial charge in [-0.25, -0.2) is 0 Å². The van der Waals surface area contributed by atoms with Gasteiger partial charge in [-0.2, -0.15) is 0 Å². The Hall–Kier alpha value is -1.71. The third-order valence-corrected chi connectivity index (χ3v) is 2.44. The van der Waals surface area contributed by atoms with Crippen LogP contribution in [0.4, 0.5) is 0 Å². The van der Waals surface area contributed by atoms with E-state index in [9.17, 15) is 14.4 Å². The molecule has 9 heteroatoms. The van der Waals surface area contributed by atoms with Crippen LogP contribution in [0.3, 0.4) is 0 Å². The Morgan fingerprint density at radius 1 is 0.783 bits per heavy atom. The summed E-state index contributed by atoms with van der Waals surface area (Å²) in [7, 11) is 0. The fourth-order valence-electron chi connectivity index (χ4n) is 0.894. The molecule has 0 heterocycles. The molecule has 0 bridgehead atoms. The molecule has 0 aliphatic heterocycles. The van der Waals surface area contributed by atoms with Crippen molar-refractivity contribution in [1.29, 1.82) is 0 Å². The maximum Gasteiger partial charge on any atom is 0.320 e. The van der Waals surface area contributed by atoms with Gasteiger partial charge in [-0.05, 0) is 25.2 Å². The normalized spacial score (nSPS) is 13.8. The summed E-state index contributed by atoms with van der Waals surface area (Å²) in [5.74, 6) is -2.43. The van der Waals surface area contributed by atoms with Gasteiger partial charge in [-0.1, -0.05) is 27.7 Å². The molecule has 0 saturated heterocycles. The Balaban J connectivity index is -0.000000266. The third-order valence-electron chi connectivity index (χ3n) is 2.44. The van der Waals surface area contributed by atoms with Crippen molar-refractivity contribution >= 4 is 17.9 Å². The molecule has 0 amide bonds. The summed E-state index contributed by atoms with van der Waals surface area (Å²) >= 11 is 0. The minimum atomic E-state index is -0.963. The van der Waals surface area contributed by atoms with E-state index in [0.29, 0.717) is 12.3 Å². The molecular formula is C14H31N3O6. The van der Waals surface area contributed by atoms with Crippen molar-refractivity contribution in [1.82, 2.24) is 0 Å². The highest BCUT2D eigenvalue weighted by molar-refractivity contribution is 5.73. The van der Waals surface area contributed by atoms with Crippen LogP contribution in [0.5, 0.6) is 0 Å². The highest BCUT2D eigenvalue weighted by Crippen LogP contribution is 2.01. The van der Waals surface area contributed by atoms with Crippen LogP contribution in [-0.4, -0.2) is 51.4 Å². The topological polar surface area (TPSA) is 190 Å². The smallest absolute Gasteiger partial charge is 0.320 e. The molecule has 138 valence electrons. The molecule has 0 aliphatic rings. The predicted octanol–water partition coefficient (Wildman–Crippen LogP) is -0.0831. The average Bonchev–Trinajstić information content (AvgIpc) is 2.37. The summed E-state index contributed by atoms with van der Waals surface area (Å²) in [6.07, 6.45) is 0.551. The van der Waals surface area contributed by atoms with Gasteiger partial charge >= 0.3 is 17.9 Å². The van der Waals surface area contributed by atoms with Crippen LogP contribution in [0.2, 0.25) is 0 Å². The quantitative estimate of drug-likeness (QED) is 0.384. The molecule has 3 atom stereocenters. The molecule has 9 N–H and O–H groups in total. The molecule has 9 nitrogen and oxygen atoms in total. The number of rotatable bonds is 6. The van der Waals surface area contributed by atoms with Crippen LogP contribution in [0.25, 0.3) is 0 Å². The molecule has 0 aromatic rings. The van der Waals surface area contributed by atoms with Gasteiger partial charge in [0.05, 0.1) is 0 Å². The minimum absolute atomic E-state index is 0.0208. The largest absolute Gasteiger partial charge is 0.480 e. The number of nitrogens with two attached hydrogens (primary N) is 3. The SMILES string of the molecule is CC(C)C[C@H](N)C(=O)O.CC(C)[C@H](N)C(=O)O.C[C@H](N)C(=O)O. The first kappa shape index (κ1) is 26.2. The van der Waals surface area contributed by atoms with Gasteiger partial charge in [0.1, 0.15) is 18.1 Å². The lowest BCUT2D eigenvalue weighted by Crippen LogP contribution is -2.34. The minimum Gasteiger partial charge on any atom is -0.480 e. The van der Waals surface area contributed by atoms with Gasteiger partial charge in [0.2, 0.25) is 0 Å². The molecule has 0 aliphatic carbocycles. The van der Waals surface area contributed by atoms with Gasteiger partial charge in [0.25, 0.3) is 0 Å². The second-order valence-electron chi connectivity index (χ2n) is 5.81. The van der Waals surface area contributed by atoms with Crippen molar-refractivity contribution in [3.63, 3.8) is 0 Å².